The Morgan fingerprint density at radius 2 is 1.96 bits per heavy atom. The van der Waals surface area contributed by atoms with E-state index in [4.69, 9.17) is 19.9 Å². The maximum atomic E-state index is 6.03. The second-order valence-electron chi connectivity index (χ2n) is 5.75. The fraction of sp³-hybridized carbons (Fsp3) is 0.368. The number of benzene rings is 2. The van der Waals surface area contributed by atoms with Crippen molar-refractivity contribution in [1.29, 1.82) is 0 Å². The summed E-state index contributed by atoms with van der Waals surface area (Å²) in [4.78, 5) is 0. The largest absolute Gasteiger partial charge is 0.496 e. The van der Waals surface area contributed by atoms with Crippen LogP contribution in [0.4, 0.5) is 0 Å². The minimum absolute atomic E-state index is 0.252. The first-order valence-corrected chi connectivity index (χ1v) is 8.00. The first-order valence-electron chi connectivity index (χ1n) is 8.00. The van der Waals surface area contributed by atoms with Crippen molar-refractivity contribution in [3.8, 4) is 17.2 Å². The van der Waals surface area contributed by atoms with E-state index in [2.05, 4.69) is 25.1 Å². The molecular formula is C19H23NO3. The van der Waals surface area contributed by atoms with Gasteiger partial charge in [-0.05, 0) is 54.3 Å². The van der Waals surface area contributed by atoms with E-state index in [0.29, 0.717) is 13.3 Å². The van der Waals surface area contributed by atoms with Crippen LogP contribution in [0, 0.1) is 0 Å². The number of fused-ring (bicyclic) bond motifs is 1. The molecule has 0 spiro atoms. The first kappa shape index (κ1) is 15.7. The van der Waals surface area contributed by atoms with Crippen molar-refractivity contribution in [2.24, 2.45) is 5.73 Å². The lowest BCUT2D eigenvalue weighted by atomic mass is 9.91. The van der Waals surface area contributed by atoms with Crippen molar-refractivity contribution < 1.29 is 14.2 Å². The zero-order valence-electron chi connectivity index (χ0n) is 13.7. The Morgan fingerprint density at radius 1 is 1.13 bits per heavy atom. The fourth-order valence-electron chi connectivity index (χ4n) is 3.02. The van der Waals surface area contributed by atoms with Gasteiger partial charge in [0.15, 0.2) is 11.5 Å². The van der Waals surface area contributed by atoms with E-state index in [9.17, 15) is 0 Å². The maximum Gasteiger partial charge on any atom is 0.231 e. The fourth-order valence-corrected chi connectivity index (χ4v) is 3.02. The van der Waals surface area contributed by atoms with E-state index in [1.54, 1.807) is 7.11 Å². The Bertz CT molecular complexity index is 684. The van der Waals surface area contributed by atoms with Gasteiger partial charge in [0.1, 0.15) is 5.75 Å². The van der Waals surface area contributed by atoms with Crippen LogP contribution >= 0.6 is 0 Å². The van der Waals surface area contributed by atoms with E-state index in [1.807, 2.05) is 18.2 Å². The number of methoxy groups -OCH3 is 1. The van der Waals surface area contributed by atoms with Crippen LogP contribution in [0.5, 0.6) is 17.2 Å². The molecule has 1 heterocycles. The number of aryl methyl sites for hydroxylation is 1. The summed E-state index contributed by atoms with van der Waals surface area (Å²) in [6.45, 7) is 3.03. The molecule has 2 aromatic rings. The highest BCUT2D eigenvalue weighted by molar-refractivity contribution is 5.46. The van der Waals surface area contributed by atoms with Crippen LogP contribution < -0.4 is 19.9 Å². The van der Waals surface area contributed by atoms with Crippen molar-refractivity contribution in [1.82, 2.24) is 0 Å². The predicted octanol–water partition coefficient (Wildman–Crippen LogP) is 3.27. The molecule has 0 saturated carbocycles. The molecule has 122 valence electrons. The highest BCUT2D eigenvalue weighted by Crippen LogP contribution is 2.35. The molecule has 2 aromatic carbocycles. The molecule has 1 unspecified atom stereocenters. The molecule has 2 N–H and O–H groups in total. The van der Waals surface area contributed by atoms with Gasteiger partial charge < -0.3 is 19.9 Å². The van der Waals surface area contributed by atoms with E-state index >= 15 is 0 Å². The zero-order chi connectivity index (χ0) is 16.2. The summed E-state index contributed by atoms with van der Waals surface area (Å²) in [7, 11) is 1.71. The van der Waals surface area contributed by atoms with Crippen molar-refractivity contribution in [2.75, 3.05) is 20.4 Å². The van der Waals surface area contributed by atoms with Crippen molar-refractivity contribution in [2.45, 2.75) is 25.7 Å². The predicted molar refractivity (Wildman–Crippen MR) is 90.4 cm³/mol. The first-order chi connectivity index (χ1) is 11.2. The third-order valence-corrected chi connectivity index (χ3v) is 4.36. The molecule has 1 atom stereocenters. The molecule has 0 radical (unpaired) electrons. The molecule has 1 aliphatic rings. The summed E-state index contributed by atoms with van der Waals surface area (Å²) in [6.07, 6.45) is 1.85. The van der Waals surface area contributed by atoms with Crippen LogP contribution in [-0.2, 0) is 12.8 Å². The van der Waals surface area contributed by atoms with E-state index in [1.165, 1.54) is 16.7 Å². The van der Waals surface area contributed by atoms with Crippen molar-refractivity contribution >= 4 is 0 Å². The zero-order valence-corrected chi connectivity index (χ0v) is 13.7. The summed E-state index contributed by atoms with van der Waals surface area (Å²) in [6, 6.07) is 12.5. The molecule has 3 rings (SSSR count). The van der Waals surface area contributed by atoms with Gasteiger partial charge >= 0.3 is 0 Å². The number of nitrogens with two attached hydrogens (primary N) is 1. The Balaban J connectivity index is 1.82. The smallest absolute Gasteiger partial charge is 0.231 e. The van der Waals surface area contributed by atoms with Crippen molar-refractivity contribution in [3.05, 3.63) is 53.1 Å². The normalized spacial score (nSPS) is 13.9. The average Bonchev–Trinajstić information content (AvgIpc) is 3.07. The lowest BCUT2D eigenvalue weighted by Gasteiger charge is -2.17. The van der Waals surface area contributed by atoms with E-state index < -0.39 is 0 Å². The van der Waals surface area contributed by atoms with Gasteiger partial charge in [-0.1, -0.05) is 25.1 Å². The highest BCUT2D eigenvalue weighted by atomic mass is 16.7. The molecule has 4 nitrogen and oxygen atoms in total. The molecule has 0 amide bonds. The van der Waals surface area contributed by atoms with Gasteiger partial charge in [0.25, 0.3) is 0 Å². The quantitative estimate of drug-likeness (QED) is 0.889. The summed E-state index contributed by atoms with van der Waals surface area (Å²) in [5.41, 5.74) is 9.72. The summed E-state index contributed by atoms with van der Waals surface area (Å²) >= 11 is 0. The number of hydrogen-bond acceptors (Lipinski definition) is 4. The van der Waals surface area contributed by atoms with Crippen LogP contribution in [0.3, 0.4) is 0 Å². The molecular weight excluding hydrogens is 290 g/mol. The second kappa shape index (κ2) is 6.92. The lowest BCUT2D eigenvalue weighted by Crippen LogP contribution is -2.15. The lowest BCUT2D eigenvalue weighted by molar-refractivity contribution is 0.174. The van der Waals surface area contributed by atoms with Crippen LogP contribution in [0.2, 0.25) is 0 Å². The maximum absolute atomic E-state index is 6.03. The molecule has 4 heteroatoms. The third kappa shape index (κ3) is 3.27. The SMILES string of the molecule is CCc1cc(CC(CN)c2ccc3c(c2)OCO3)ccc1OC. The highest BCUT2D eigenvalue weighted by Gasteiger charge is 2.18. The summed E-state index contributed by atoms with van der Waals surface area (Å²) in [5.74, 6) is 2.82. The minimum atomic E-state index is 0.252. The van der Waals surface area contributed by atoms with Gasteiger partial charge in [-0.25, -0.2) is 0 Å². The van der Waals surface area contributed by atoms with Gasteiger partial charge in [0, 0.05) is 5.92 Å². The summed E-state index contributed by atoms with van der Waals surface area (Å²) < 4.78 is 16.2. The molecule has 0 aromatic heterocycles. The van der Waals surface area contributed by atoms with Crippen LogP contribution in [0.1, 0.15) is 29.5 Å². The standard InChI is InChI=1S/C19H23NO3/c1-3-14-8-13(4-6-17(14)21-2)9-16(11-20)15-5-7-18-19(10-15)23-12-22-18/h4-8,10,16H,3,9,11-12,20H2,1-2H3. The van der Waals surface area contributed by atoms with Crippen LogP contribution in [0.15, 0.2) is 36.4 Å². The van der Waals surface area contributed by atoms with Gasteiger partial charge in [-0.2, -0.15) is 0 Å². The van der Waals surface area contributed by atoms with E-state index in [0.717, 1.165) is 30.1 Å². The Hall–Kier alpha value is -2.20. The minimum Gasteiger partial charge on any atom is -0.496 e. The molecule has 0 fully saturated rings. The number of hydrogen-bond donors (Lipinski definition) is 1. The second-order valence-corrected chi connectivity index (χ2v) is 5.75. The number of rotatable bonds is 6. The van der Waals surface area contributed by atoms with Crippen LogP contribution in [-0.4, -0.2) is 20.4 Å². The van der Waals surface area contributed by atoms with Crippen molar-refractivity contribution in [3.63, 3.8) is 0 Å². The monoisotopic (exact) mass is 313 g/mol. The molecule has 1 aliphatic heterocycles. The molecule has 23 heavy (non-hydrogen) atoms. The Kier molecular flexibility index (Phi) is 4.72. The third-order valence-electron chi connectivity index (χ3n) is 4.36. The molecule has 0 bridgehead atoms. The van der Waals surface area contributed by atoms with E-state index in [-0.39, 0.29) is 5.92 Å². The summed E-state index contributed by atoms with van der Waals surface area (Å²) in [5, 5.41) is 0. The van der Waals surface area contributed by atoms with Gasteiger partial charge in [-0.3, -0.25) is 0 Å². The molecule has 0 aliphatic carbocycles. The molecule has 0 saturated heterocycles. The topological polar surface area (TPSA) is 53.7 Å². The van der Waals surface area contributed by atoms with Crippen LogP contribution in [0.25, 0.3) is 0 Å². The Labute approximate surface area is 137 Å². The van der Waals surface area contributed by atoms with Gasteiger partial charge in [-0.15, -0.1) is 0 Å². The Morgan fingerprint density at radius 3 is 2.70 bits per heavy atom. The van der Waals surface area contributed by atoms with Gasteiger partial charge in [0.2, 0.25) is 6.79 Å². The average molecular weight is 313 g/mol. The van der Waals surface area contributed by atoms with Gasteiger partial charge in [0.05, 0.1) is 7.11 Å². The number of ether oxygens (including phenoxy) is 3.